The van der Waals surface area contributed by atoms with Crippen LogP contribution in [0.15, 0.2) is 12.3 Å². The van der Waals surface area contributed by atoms with E-state index < -0.39 is 18.5 Å². The molecule has 1 saturated heterocycles. The molecule has 0 aromatic carbocycles. The Kier molecular flexibility index (Phi) is 4.78. The van der Waals surface area contributed by atoms with Crippen molar-refractivity contribution in [3.8, 4) is 0 Å². The molecule has 0 aliphatic carbocycles. The molecule has 1 fully saturated rings. The molecule has 0 saturated carbocycles. The molecule has 1 aromatic rings. The Morgan fingerprint density at radius 2 is 2.45 bits per heavy atom. The highest BCUT2D eigenvalue weighted by molar-refractivity contribution is 5.90. The summed E-state index contributed by atoms with van der Waals surface area (Å²) in [5.74, 6) is 0. The van der Waals surface area contributed by atoms with Crippen LogP contribution in [0.25, 0.3) is 0 Å². The summed E-state index contributed by atoms with van der Waals surface area (Å²) in [6.45, 7) is 2.48. The third-order valence-corrected chi connectivity index (χ3v) is 3.09. The first-order chi connectivity index (χ1) is 9.58. The number of hydrogen-bond donors (Lipinski definition) is 1. The molecule has 6 nitrogen and oxygen atoms in total. The van der Waals surface area contributed by atoms with Gasteiger partial charge < -0.3 is 15.0 Å². The first-order valence-corrected chi connectivity index (χ1v) is 6.29. The van der Waals surface area contributed by atoms with Crippen molar-refractivity contribution in [3.05, 3.63) is 18.0 Å². The molecule has 2 amide bonds. The first kappa shape index (κ1) is 14.6. The van der Waals surface area contributed by atoms with E-state index in [9.17, 15) is 13.6 Å². The number of carbonyl (C=O) groups is 1. The van der Waals surface area contributed by atoms with E-state index in [0.717, 1.165) is 0 Å². The van der Waals surface area contributed by atoms with Gasteiger partial charge >= 0.3 is 6.03 Å². The van der Waals surface area contributed by atoms with Gasteiger partial charge in [0.15, 0.2) is 0 Å². The second-order valence-corrected chi connectivity index (χ2v) is 4.51. The van der Waals surface area contributed by atoms with E-state index >= 15 is 0 Å². The topological polar surface area (TPSA) is 67.4 Å². The number of alkyl halides is 2. The number of carbonyl (C=O) groups excluding carboxylic acids is 1. The van der Waals surface area contributed by atoms with Gasteiger partial charge in [-0.3, -0.25) is 0 Å². The van der Waals surface area contributed by atoms with Crippen LogP contribution in [0.4, 0.5) is 19.3 Å². The second-order valence-electron chi connectivity index (χ2n) is 4.51. The molecule has 8 heteroatoms. The smallest absolute Gasteiger partial charge is 0.322 e. The van der Waals surface area contributed by atoms with Gasteiger partial charge in [0.1, 0.15) is 0 Å². The average molecular weight is 286 g/mol. The molecule has 2 rings (SSSR count). The maximum atomic E-state index is 12.5. The van der Waals surface area contributed by atoms with Gasteiger partial charge in [0.25, 0.3) is 0 Å². The Balaban J connectivity index is 2.04. The number of anilines is 1. The van der Waals surface area contributed by atoms with Crippen LogP contribution in [0.5, 0.6) is 0 Å². The van der Waals surface area contributed by atoms with Gasteiger partial charge in [-0.05, 0) is 13.0 Å². The number of aromatic nitrogens is 2. The molecule has 110 valence electrons. The van der Waals surface area contributed by atoms with E-state index in [0.29, 0.717) is 24.5 Å². The van der Waals surface area contributed by atoms with Gasteiger partial charge in [0, 0.05) is 13.0 Å². The number of rotatable bonds is 3. The maximum absolute atomic E-state index is 12.5. The van der Waals surface area contributed by atoms with Crippen LogP contribution < -0.4 is 5.32 Å². The molecule has 1 atom stereocenters. The minimum atomic E-state index is -2.47. The van der Waals surface area contributed by atoms with Crippen molar-refractivity contribution in [1.82, 2.24) is 15.1 Å². The molecule has 1 N–H and O–H groups in total. The van der Waals surface area contributed by atoms with Gasteiger partial charge in [0.05, 0.1) is 36.8 Å². The molecular weight excluding hydrogens is 270 g/mol. The number of nitrogens with one attached hydrogen (secondary N) is 1. The highest BCUT2D eigenvalue weighted by atomic mass is 19.3. The summed E-state index contributed by atoms with van der Waals surface area (Å²) >= 11 is 0. The van der Waals surface area contributed by atoms with Crippen LogP contribution in [-0.4, -0.2) is 53.4 Å². The molecule has 1 aliphatic heterocycles. The lowest BCUT2D eigenvalue weighted by Gasteiger charge is -2.35. The van der Waals surface area contributed by atoms with E-state index in [4.69, 9.17) is 4.74 Å². The number of halogens is 2. The second kappa shape index (κ2) is 6.56. The van der Waals surface area contributed by atoms with Crippen LogP contribution in [0.3, 0.4) is 0 Å². The van der Waals surface area contributed by atoms with E-state index in [1.54, 1.807) is 13.0 Å². The fraction of sp³-hybridized carbons (Fsp3) is 0.583. The summed E-state index contributed by atoms with van der Waals surface area (Å²) in [5.41, 5.74) is 1.09. The number of nitrogens with zero attached hydrogens (tertiary/aromatic N) is 3. The number of hydrogen-bond acceptors (Lipinski definition) is 4. The standard InChI is InChI=1S/C12H16F2N4O2/c1-8-10(2-3-15-17-8)16-12(19)18-4-5-20-7-9(18)6-11(13)14/h2-3,9,11H,4-7H2,1H3,(H,15,16,19). The Morgan fingerprint density at radius 1 is 1.65 bits per heavy atom. The molecule has 1 unspecified atom stereocenters. The minimum Gasteiger partial charge on any atom is -0.377 e. The fourth-order valence-corrected chi connectivity index (χ4v) is 2.04. The van der Waals surface area contributed by atoms with Crippen LogP contribution in [0.2, 0.25) is 0 Å². The fourth-order valence-electron chi connectivity index (χ4n) is 2.04. The van der Waals surface area contributed by atoms with E-state index in [1.807, 2.05) is 0 Å². The quantitative estimate of drug-likeness (QED) is 0.918. The SMILES string of the molecule is Cc1nnccc1NC(=O)N1CCOCC1CC(F)F. The summed E-state index contributed by atoms with van der Waals surface area (Å²) in [7, 11) is 0. The number of amides is 2. The summed E-state index contributed by atoms with van der Waals surface area (Å²) in [6, 6.07) is 0.580. The molecular formula is C12H16F2N4O2. The lowest BCUT2D eigenvalue weighted by atomic mass is 10.1. The largest absolute Gasteiger partial charge is 0.377 e. The number of morpholine rings is 1. The Morgan fingerprint density at radius 3 is 3.15 bits per heavy atom. The highest BCUT2D eigenvalue weighted by Gasteiger charge is 2.29. The summed E-state index contributed by atoms with van der Waals surface area (Å²) in [4.78, 5) is 13.6. The van der Waals surface area contributed by atoms with E-state index in [1.165, 1.54) is 11.1 Å². The minimum absolute atomic E-state index is 0.130. The highest BCUT2D eigenvalue weighted by Crippen LogP contribution is 2.17. The normalized spacial score (nSPS) is 19.2. The van der Waals surface area contributed by atoms with Crippen molar-refractivity contribution < 1.29 is 18.3 Å². The molecule has 1 aliphatic rings. The lowest BCUT2D eigenvalue weighted by Crippen LogP contribution is -2.51. The monoisotopic (exact) mass is 286 g/mol. The molecule has 1 aromatic heterocycles. The van der Waals surface area contributed by atoms with Crippen LogP contribution >= 0.6 is 0 Å². The zero-order chi connectivity index (χ0) is 14.5. The predicted octanol–water partition coefficient (Wildman–Crippen LogP) is 1.67. The molecule has 0 spiro atoms. The first-order valence-electron chi connectivity index (χ1n) is 6.29. The van der Waals surface area contributed by atoms with Gasteiger partial charge in [0.2, 0.25) is 6.43 Å². The van der Waals surface area contributed by atoms with E-state index in [2.05, 4.69) is 15.5 Å². The van der Waals surface area contributed by atoms with Gasteiger partial charge in [-0.15, -0.1) is 0 Å². The zero-order valence-corrected chi connectivity index (χ0v) is 11.1. The zero-order valence-electron chi connectivity index (χ0n) is 11.1. The van der Waals surface area contributed by atoms with Gasteiger partial charge in [-0.1, -0.05) is 0 Å². The van der Waals surface area contributed by atoms with Gasteiger partial charge in [-0.25, -0.2) is 13.6 Å². The summed E-state index contributed by atoms with van der Waals surface area (Å²) in [6.07, 6.45) is -1.40. The van der Waals surface area contributed by atoms with Crippen molar-refractivity contribution >= 4 is 11.7 Å². The Labute approximate surface area is 115 Å². The van der Waals surface area contributed by atoms with Gasteiger partial charge in [-0.2, -0.15) is 10.2 Å². The Hall–Kier alpha value is -1.83. The van der Waals surface area contributed by atoms with Crippen LogP contribution in [0.1, 0.15) is 12.1 Å². The molecule has 2 heterocycles. The number of urea groups is 1. The average Bonchev–Trinajstić information content (AvgIpc) is 2.41. The number of aryl methyl sites for hydroxylation is 1. The Bertz CT molecular complexity index is 473. The van der Waals surface area contributed by atoms with E-state index in [-0.39, 0.29) is 13.0 Å². The lowest BCUT2D eigenvalue weighted by molar-refractivity contribution is -0.00966. The third kappa shape index (κ3) is 3.60. The number of ether oxygens (including phenoxy) is 1. The molecule has 20 heavy (non-hydrogen) atoms. The van der Waals surface area contributed by atoms with Crippen LogP contribution in [-0.2, 0) is 4.74 Å². The summed E-state index contributed by atoms with van der Waals surface area (Å²) in [5, 5.41) is 10.2. The summed E-state index contributed by atoms with van der Waals surface area (Å²) < 4.78 is 30.2. The van der Waals surface area contributed by atoms with Crippen molar-refractivity contribution in [3.63, 3.8) is 0 Å². The van der Waals surface area contributed by atoms with Crippen molar-refractivity contribution in [2.75, 3.05) is 25.1 Å². The molecule has 0 bridgehead atoms. The third-order valence-electron chi connectivity index (χ3n) is 3.09. The van der Waals surface area contributed by atoms with Crippen molar-refractivity contribution in [2.24, 2.45) is 0 Å². The van der Waals surface area contributed by atoms with Crippen molar-refractivity contribution in [1.29, 1.82) is 0 Å². The maximum Gasteiger partial charge on any atom is 0.322 e. The van der Waals surface area contributed by atoms with Crippen molar-refractivity contribution in [2.45, 2.75) is 25.8 Å². The molecule has 0 radical (unpaired) electrons. The predicted molar refractivity (Wildman–Crippen MR) is 67.7 cm³/mol. The van der Waals surface area contributed by atoms with Crippen LogP contribution in [0, 0.1) is 6.92 Å².